The van der Waals surface area contributed by atoms with Gasteiger partial charge < -0.3 is 19.1 Å². The van der Waals surface area contributed by atoms with Gasteiger partial charge >= 0.3 is 0 Å². The Morgan fingerprint density at radius 2 is 2.14 bits per heavy atom. The van der Waals surface area contributed by atoms with E-state index < -0.39 is 6.04 Å². The Morgan fingerprint density at radius 1 is 1.31 bits per heavy atom. The predicted molar refractivity (Wildman–Crippen MR) is 104 cm³/mol. The molecule has 1 N–H and O–H groups in total. The minimum Gasteiger partial charge on any atom is -0.441 e. The lowest BCUT2D eigenvalue weighted by Gasteiger charge is -2.33. The Balaban J connectivity index is 1.51. The predicted octanol–water partition coefficient (Wildman–Crippen LogP) is 1.92. The highest BCUT2D eigenvalue weighted by Gasteiger charge is 2.33. The third-order valence-electron chi connectivity index (χ3n) is 4.64. The molecule has 9 heteroatoms. The standard InChI is InChI=1S/C20H21N5O4/c1-12(2)20-24-23-16(29-20)7-8-18(26)25-10-9-21-19(27)14(25)11-17-22-13-5-3-4-6-15(13)28-17/h3-8,12,14H,9-11H2,1-2H3,(H,21,27)/b8-7+. The summed E-state index contributed by atoms with van der Waals surface area (Å²) in [5.41, 5.74) is 1.36. The van der Waals surface area contributed by atoms with Gasteiger partial charge in [0.25, 0.3) is 0 Å². The number of hydrogen-bond donors (Lipinski definition) is 1. The number of benzene rings is 1. The first-order valence-corrected chi connectivity index (χ1v) is 9.45. The molecule has 3 aromatic rings. The number of fused-ring (bicyclic) bond motifs is 1. The summed E-state index contributed by atoms with van der Waals surface area (Å²) in [5, 5.41) is 10.6. The molecular weight excluding hydrogens is 374 g/mol. The van der Waals surface area contributed by atoms with Crippen LogP contribution in [-0.4, -0.2) is 51.0 Å². The van der Waals surface area contributed by atoms with Crippen LogP contribution in [-0.2, 0) is 16.0 Å². The summed E-state index contributed by atoms with van der Waals surface area (Å²) in [7, 11) is 0. The monoisotopic (exact) mass is 395 g/mol. The molecule has 4 rings (SSSR count). The van der Waals surface area contributed by atoms with Crippen LogP contribution in [0.15, 0.2) is 39.2 Å². The number of nitrogens with one attached hydrogen (secondary N) is 1. The minimum atomic E-state index is -0.706. The first-order chi connectivity index (χ1) is 14.0. The molecule has 0 bridgehead atoms. The second-order valence-electron chi connectivity index (χ2n) is 7.08. The lowest BCUT2D eigenvalue weighted by Crippen LogP contribution is -2.57. The molecule has 1 fully saturated rings. The van der Waals surface area contributed by atoms with Crippen LogP contribution < -0.4 is 5.32 Å². The van der Waals surface area contributed by atoms with E-state index in [9.17, 15) is 9.59 Å². The normalized spacial score (nSPS) is 17.4. The molecule has 9 nitrogen and oxygen atoms in total. The molecule has 0 aliphatic carbocycles. The van der Waals surface area contributed by atoms with Crippen LogP contribution in [0.2, 0.25) is 0 Å². The van der Waals surface area contributed by atoms with Gasteiger partial charge in [-0.25, -0.2) is 4.98 Å². The lowest BCUT2D eigenvalue weighted by atomic mass is 10.1. The third-order valence-corrected chi connectivity index (χ3v) is 4.64. The average Bonchev–Trinajstić information content (AvgIpc) is 3.34. The van der Waals surface area contributed by atoms with Crippen molar-refractivity contribution in [3.05, 3.63) is 48.0 Å². The highest BCUT2D eigenvalue weighted by atomic mass is 16.4. The average molecular weight is 395 g/mol. The molecule has 2 amide bonds. The Morgan fingerprint density at radius 3 is 2.90 bits per heavy atom. The molecule has 1 atom stereocenters. The molecule has 0 radical (unpaired) electrons. The number of rotatable bonds is 5. The van der Waals surface area contributed by atoms with Gasteiger partial charge in [-0.05, 0) is 12.1 Å². The largest absolute Gasteiger partial charge is 0.441 e. The number of carbonyl (C=O) groups excluding carboxylic acids is 2. The Hall–Kier alpha value is -3.49. The van der Waals surface area contributed by atoms with Crippen molar-refractivity contribution < 1.29 is 18.4 Å². The van der Waals surface area contributed by atoms with Crippen LogP contribution in [0.1, 0.15) is 37.4 Å². The van der Waals surface area contributed by atoms with Crippen molar-refractivity contribution in [1.29, 1.82) is 0 Å². The number of piperazine rings is 1. The smallest absolute Gasteiger partial charge is 0.247 e. The van der Waals surface area contributed by atoms with Crippen LogP contribution in [0.25, 0.3) is 17.2 Å². The van der Waals surface area contributed by atoms with E-state index >= 15 is 0 Å². The molecule has 1 aliphatic rings. The lowest BCUT2D eigenvalue weighted by molar-refractivity contribution is -0.140. The summed E-state index contributed by atoms with van der Waals surface area (Å²) in [6.45, 7) is 4.66. The van der Waals surface area contributed by atoms with Crippen molar-refractivity contribution in [1.82, 2.24) is 25.4 Å². The van der Waals surface area contributed by atoms with E-state index in [2.05, 4.69) is 20.5 Å². The van der Waals surface area contributed by atoms with Gasteiger partial charge in [0.15, 0.2) is 11.5 Å². The number of amides is 2. The van der Waals surface area contributed by atoms with Gasteiger partial charge in [-0.3, -0.25) is 9.59 Å². The van der Waals surface area contributed by atoms with Crippen molar-refractivity contribution in [3.8, 4) is 0 Å². The summed E-state index contributed by atoms with van der Waals surface area (Å²) in [5.74, 6) is 0.716. The second kappa shape index (κ2) is 7.86. The van der Waals surface area contributed by atoms with Gasteiger partial charge in [0.2, 0.25) is 23.6 Å². The number of nitrogens with zero attached hydrogens (tertiary/aromatic N) is 4. The van der Waals surface area contributed by atoms with Gasteiger partial charge in [0, 0.05) is 31.2 Å². The molecule has 0 saturated carbocycles. The fourth-order valence-electron chi connectivity index (χ4n) is 3.14. The van der Waals surface area contributed by atoms with Gasteiger partial charge in [-0.15, -0.1) is 10.2 Å². The van der Waals surface area contributed by atoms with E-state index in [4.69, 9.17) is 8.83 Å². The molecule has 3 heterocycles. The highest BCUT2D eigenvalue weighted by molar-refractivity contribution is 5.96. The zero-order chi connectivity index (χ0) is 20.4. The summed E-state index contributed by atoms with van der Waals surface area (Å²) in [4.78, 5) is 31.1. The minimum absolute atomic E-state index is 0.104. The van der Waals surface area contributed by atoms with Crippen molar-refractivity contribution in [3.63, 3.8) is 0 Å². The summed E-state index contributed by atoms with van der Waals surface area (Å²) in [6, 6.07) is 6.67. The number of hydrogen-bond acceptors (Lipinski definition) is 7. The molecule has 29 heavy (non-hydrogen) atoms. The van der Waals surface area contributed by atoms with E-state index in [1.807, 2.05) is 38.1 Å². The molecular formula is C20H21N5O4. The maximum absolute atomic E-state index is 12.7. The SMILES string of the molecule is CC(C)c1nnc(/C=C/C(=O)N2CCNC(=O)C2Cc2nc3ccccc3o2)o1. The van der Waals surface area contributed by atoms with E-state index in [-0.39, 0.29) is 30.0 Å². The van der Waals surface area contributed by atoms with Crippen molar-refractivity contribution in [2.24, 2.45) is 0 Å². The van der Waals surface area contributed by atoms with Crippen LogP contribution >= 0.6 is 0 Å². The van der Waals surface area contributed by atoms with Crippen molar-refractivity contribution in [2.45, 2.75) is 32.2 Å². The molecule has 1 aliphatic heterocycles. The van der Waals surface area contributed by atoms with Crippen molar-refractivity contribution >= 4 is 29.0 Å². The van der Waals surface area contributed by atoms with Crippen LogP contribution in [0.5, 0.6) is 0 Å². The molecule has 2 aromatic heterocycles. The molecule has 150 valence electrons. The molecule has 1 unspecified atom stereocenters. The zero-order valence-electron chi connectivity index (χ0n) is 16.2. The summed E-state index contributed by atoms with van der Waals surface area (Å²) >= 11 is 0. The van der Waals surface area contributed by atoms with E-state index in [1.54, 1.807) is 0 Å². The van der Waals surface area contributed by atoms with Crippen LogP contribution in [0.3, 0.4) is 0 Å². The maximum atomic E-state index is 12.7. The number of carbonyl (C=O) groups is 2. The number of oxazole rings is 1. The van der Waals surface area contributed by atoms with Gasteiger partial charge in [-0.2, -0.15) is 0 Å². The van der Waals surface area contributed by atoms with E-state index in [0.717, 1.165) is 0 Å². The maximum Gasteiger partial charge on any atom is 0.247 e. The third kappa shape index (κ3) is 4.03. The second-order valence-corrected chi connectivity index (χ2v) is 7.08. The fraction of sp³-hybridized carbons (Fsp3) is 0.350. The highest BCUT2D eigenvalue weighted by Crippen LogP contribution is 2.19. The number of aromatic nitrogens is 3. The summed E-state index contributed by atoms with van der Waals surface area (Å²) in [6.07, 6.45) is 3.00. The van der Waals surface area contributed by atoms with Gasteiger partial charge in [0.1, 0.15) is 11.6 Å². The van der Waals surface area contributed by atoms with Gasteiger partial charge in [-0.1, -0.05) is 26.0 Å². The van der Waals surface area contributed by atoms with E-state index in [1.165, 1.54) is 17.1 Å². The van der Waals surface area contributed by atoms with Crippen molar-refractivity contribution in [2.75, 3.05) is 13.1 Å². The molecule has 1 saturated heterocycles. The summed E-state index contributed by atoms with van der Waals surface area (Å²) < 4.78 is 11.2. The Labute approximate surface area is 166 Å². The first kappa shape index (κ1) is 18.9. The van der Waals surface area contributed by atoms with Gasteiger partial charge in [0.05, 0.1) is 6.42 Å². The quantitative estimate of drug-likeness (QED) is 0.656. The molecule has 0 spiro atoms. The fourth-order valence-corrected chi connectivity index (χ4v) is 3.14. The zero-order valence-corrected chi connectivity index (χ0v) is 16.2. The van der Waals surface area contributed by atoms with Crippen LogP contribution in [0.4, 0.5) is 0 Å². The first-order valence-electron chi connectivity index (χ1n) is 9.45. The van der Waals surface area contributed by atoms with Crippen LogP contribution in [0, 0.1) is 0 Å². The molecule has 1 aromatic carbocycles. The Kier molecular flexibility index (Phi) is 5.11. The van der Waals surface area contributed by atoms with E-state index in [0.29, 0.717) is 36.0 Å². The topological polar surface area (TPSA) is 114 Å². The number of para-hydroxylation sites is 2. The Bertz CT molecular complexity index is 1030.